The molecule has 1 unspecified atom stereocenters. The normalized spacial score (nSPS) is 14.1. The third kappa shape index (κ3) is 7.95. The van der Waals surface area contributed by atoms with Crippen LogP contribution >= 0.6 is 11.8 Å². The van der Waals surface area contributed by atoms with Crippen molar-refractivity contribution in [3.63, 3.8) is 0 Å². The van der Waals surface area contributed by atoms with Crippen LogP contribution in [0.1, 0.15) is 20.8 Å². The van der Waals surface area contributed by atoms with Crippen LogP contribution in [0.25, 0.3) is 0 Å². The van der Waals surface area contributed by atoms with Crippen LogP contribution < -0.4 is 5.32 Å². The number of rotatable bonds is 6. The van der Waals surface area contributed by atoms with Gasteiger partial charge in [0.05, 0.1) is 0 Å². The quantitative estimate of drug-likeness (QED) is 0.619. The third-order valence-corrected chi connectivity index (χ3v) is 2.54. The van der Waals surface area contributed by atoms with Gasteiger partial charge < -0.3 is 5.32 Å². The second-order valence-electron chi connectivity index (χ2n) is 2.54. The Kier molecular flexibility index (Phi) is 8.19. The summed E-state index contributed by atoms with van der Waals surface area (Å²) in [5, 5.41) is 3.41. The molecule has 1 nitrogen and oxygen atoms in total. The molecule has 2 heteroatoms. The zero-order valence-corrected chi connectivity index (χ0v) is 8.58. The van der Waals surface area contributed by atoms with Gasteiger partial charge in [0.1, 0.15) is 0 Å². The topological polar surface area (TPSA) is 12.0 Å². The molecule has 0 aromatic rings. The Balaban J connectivity index is 3.15. The van der Waals surface area contributed by atoms with E-state index in [1.807, 2.05) is 18.7 Å². The van der Waals surface area contributed by atoms with Crippen molar-refractivity contribution in [2.24, 2.45) is 0 Å². The number of hydrogen-bond donors (Lipinski definition) is 1. The summed E-state index contributed by atoms with van der Waals surface area (Å²) in [6.07, 6.45) is 4.22. The van der Waals surface area contributed by atoms with Crippen molar-refractivity contribution in [2.45, 2.75) is 26.8 Å². The van der Waals surface area contributed by atoms with E-state index in [0.717, 1.165) is 6.54 Å². The van der Waals surface area contributed by atoms with Gasteiger partial charge in [-0.1, -0.05) is 19.1 Å². The van der Waals surface area contributed by atoms with Gasteiger partial charge in [-0.2, -0.15) is 11.8 Å². The fourth-order valence-corrected chi connectivity index (χ4v) is 1.45. The molecule has 0 bridgehead atoms. The average molecular weight is 173 g/mol. The molecule has 0 aliphatic rings. The molecule has 0 heterocycles. The number of nitrogens with one attached hydrogen (secondary N) is 1. The Morgan fingerprint density at radius 2 is 2.27 bits per heavy atom. The maximum Gasteiger partial charge on any atom is 0.0137 e. The molecule has 11 heavy (non-hydrogen) atoms. The predicted octanol–water partition coefficient (Wildman–Crippen LogP) is 2.29. The molecule has 0 spiro atoms. The smallest absolute Gasteiger partial charge is 0.0137 e. The van der Waals surface area contributed by atoms with Crippen molar-refractivity contribution in [1.82, 2.24) is 5.32 Å². The van der Waals surface area contributed by atoms with Crippen molar-refractivity contribution in [1.29, 1.82) is 0 Å². The van der Waals surface area contributed by atoms with Gasteiger partial charge >= 0.3 is 0 Å². The van der Waals surface area contributed by atoms with Crippen molar-refractivity contribution in [2.75, 3.05) is 18.1 Å². The zero-order chi connectivity index (χ0) is 8.53. The van der Waals surface area contributed by atoms with Crippen LogP contribution in [0, 0.1) is 0 Å². The molecule has 66 valence electrons. The first-order chi connectivity index (χ1) is 5.31. The molecular weight excluding hydrogens is 154 g/mol. The molecule has 0 saturated carbocycles. The summed E-state index contributed by atoms with van der Waals surface area (Å²) in [4.78, 5) is 0. The Labute approximate surface area is 74.6 Å². The molecule has 1 atom stereocenters. The molecule has 1 N–H and O–H groups in total. The standard InChI is InChI=1S/C9H19NS/c1-4-6-7-10-9(3)8-11-5-2/h4,6,9-10H,5,7-8H2,1-3H3/b6-4+. The lowest BCUT2D eigenvalue weighted by molar-refractivity contribution is 0.640. The first kappa shape index (κ1) is 11.1. The zero-order valence-electron chi connectivity index (χ0n) is 7.76. The minimum atomic E-state index is 0.635. The van der Waals surface area contributed by atoms with Gasteiger partial charge in [-0.15, -0.1) is 0 Å². The molecule has 0 aliphatic heterocycles. The molecule has 0 amide bonds. The van der Waals surface area contributed by atoms with E-state index in [4.69, 9.17) is 0 Å². The lowest BCUT2D eigenvalue weighted by atomic mass is 10.4. The minimum Gasteiger partial charge on any atom is -0.310 e. The highest BCUT2D eigenvalue weighted by atomic mass is 32.2. The number of allylic oxidation sites excluding steroid dienone is 1. The van der Waals surface area contributed by atoms with E-state index >= 15 is 0 Å². The van der Waals surface area contributed by atoms with Gasteiger partial charge in [-0.3, -0.25) is 0 Å². The van der Waals surface area contributed by atoms with Crippen LogP contribution in [0.2, 0.25) is 0 Å². The largest absolute Gasteiger partial charge is 0.310 e. The van der Waals surface area contributed by atoms with Crippen molar-refractivity contribution < 1.29 is 0 Å². The molecule has 0 saturated heterocycles. The Hall–Kier alpha value is 0.0500. The first-order valence-electron chi connectivity index (χ1n) is 4.23. The maximum absolute atomic E-state index is 3.41. The van der Waals surface area contributed by atoms with Gasteiger partial charge in [0, 0.05) is 18.3 Å². The SMILES string of the molecule is C/C=C/CNC(C)CSCC. The highest BCUT2D eigenvalue weighted by Gasteiger charge is 1.96. The third-order valence-electron chi connectivity index (χ3n) is 1.39. The number of thioether (sulfide) groups is 1. The highest BCUT2D eigenvalue weighted by Crippen LogP contribution is 2.00. The van der Waals surface area contributed by atoms with Crippen LogP contribution in [-0.2, 0) is 0 Å². The number of hydrogen-bond acceptors (Lipinski definition) is 2. The molecule has 0 aromatic heterocycles. The second kappa shape index (κ2) is 8.15. The average Bonchev–Trinajstić information content (AvgIpc) is 2.01. The van der Waals surface area contributed by atoms with Gasteiger partial charge in [0.15, 0.2) is 0 Å². The van der Waals surface area contributed by atoms with E-state index < -0.39 is 0 Å². The van der Waals surface area contributed by atoms with Crippen LogP contribution in [-0.4, -0.2) is 24.1 Å². The van der Waals surface area contributed by atoms with Gasteiger partial charge in [-0.25, -0.2) is 0 Å². The lowest BCUT2D eigenvalue weighted by Gasteiger charge is -2.10. The van der Waals surface area contributed by atoms with Crippen LogP contribution in [0.4, 0.5) is 0 Å². The fraction of sp³-hybridized carbons (Fsp3) is 0.778. The molecular formula is C9H19NS. The fourth-order valence-electron chi connectivity index (χ4n) is 0.741. The van der Waals surface area contributed by atoms with E-state index in [0.29, 0.717) is 6.04 Å². The lowest BCUT2D eigenvalue weighted by Crippen LogP contribution is -2.28. The van der Waals surface area contributed by atoms with Crippen LogP contribution in [0.5, 0.6) is 0 Å². The van der Waals surface area contributed by atoms with Crippen LogP contribution in [0.15, 0.2) is 12.2 Å². The second-order valence-corrected chi connectivity index (χ2v) is 3.86. The summed E-state index contributed by atoms with van der Waals surface area (Å²) >= 11 is 1.99. The van der Waals surface area contributed by atoms with Crippen LogP contribution in [0.3, 0.4) is 0 Å². The maximum atomic E-state index is 3.41. The van der Waals surface area contributed by atoms with Gasteiger partial charge in [-0.05, 0) is 19.6 Å². The molecule has 0 fully saturated rings. The van der Waals surface area contributed by atoms with Gasteiger partial charge in [0.25, 0.3) is 0 Å². The summed E-state index contributed by atoms with van der Waals surface area (Å²) in [7, 11) is 0. The van der Waals surface area contributed by atoms with Gasteiger partial charge in [0.2, 0.25) is 0 Å². The summed E-state index contributed by atoms with van der Waals surface area (Å²) in [5.74, 6) is 2.43. The summed E-state index contributed by atoms with van der Waals surface area (Å²) in [5.41, 5.74) is 0. The summed E-state index contributed by atoms with van der Waals surface area (Å²) in [6, 6.07) is 0.635. The van der Waals surface area contributed by atoms with E-state index in [1.54, 1.807) is 0 Å². The van der Waals surface area contributed by atoms with Crippen molar-refractivity contribution in [3.8, 4) is 0 Å². The monoisotopic (exact) mass is 173 g/mol. The van der Waals surface area contributed by atoms with E-state index in [9.17, 15) is 0 Å². The minimum absolute atomic E-state index is 0.635. The van der Waals surface area contributed by atoms with Crippen molar-refractivity contribution >= 4 is 11.8 Å². The molecule has 0 radical (unpaired) electrons. The van der Waals surface area contributed by atoms with E-state index in [1.165, 1.54) is 11.5 Å². The summed E-state index contributed by atoms with van der Waals surface area (Å²) in [6.45, 7) is 7.48. The molecule has 0 aliphatic carbocycles. The summed E-state index contributed by atoms with van der Waals surface area (Å²) < 4.78 is 0. The van der Waals surface area contributed by atoms with E-state index in [2.05, 4.69) is 31.3 Å². The predicted molar refractivity (Wildman–Crippen MR) is 55.3 cm³/mol. The Bertz CT molecular complexity index is 102. The first-order valence-corrected chi connectivity index (χ1v) is 5.39. The highest BCUT2D eigenvalue weighted by molar-refractivity contribution is 7.99. The molecule has 0 rings (SSSR count). The Morgan fingerprint density at radius 3 is 2.82 bits per heavy atom. The molecule has 0 aromatic carbocycles. The van der Waals surface area contributed by atoms with Crippen molar-refractivity contribution in [3.05, 3.63) is 12.2 Å². The van der Waals surface area contributed by atoms with E-state index in [-0.39, 0.29) is 0 Å². The Morgan fingerprint density at radius 1 is 1.55 bits per heavy atom.